The van der Waals surface area contributed by atoms with Crippen molar-refractivity contribution in [2.45, 2.75) is 12.8 Å². The first kappa shape index (κ1) is 19.7. The molecule has 0 spiro atoms. The minimum Gasteiger partial charge on any atom is -0.396 e. The molecule has 2 rings (SSSR count). The average molecular weight is 469 g/mol. The number of aliphatic hydroxyl groups is 1. The van der Waals surface area contributed by atoms with E-state index in [0.29, 0.717) is 22.9 Å². The van der Waals surface area contributed by atoms with E-state index in [9.17, 15) is 4.79 Å². The lowest BCUT2D eigenvalue weighted by Gasteiger charge is -1.99. The van der Waals surface area contributed by atoms with Crippen molar-refractivity contribution in [3.63, 3.8) is 0 Å². The minimum atomic E-state index is 0.165. The van der Waals surface area contributed by atoms with Gasteiger partial charge in [-0.1, -0.05) is 35.3 Å². The Balaban J connectivity index is 0.000000220. The smallest absolute Gasteiger partial charge is 0.124 e. The van der Waals surface area contributed by atoms with Crippen molar-refractivity contribution < 1.29 is 9.90 Å². The molecule has 0 saturated carbocycles. The second-order valence-electron chi connectivity index (χ2n) is 4.34. The summed E-state index contributed by atoms with van der Waals surface area (Å²) >= 11 is 18.2. The van der Waals surface area contributed by atoms with Gasteiger partial charge in [0.1, 0.15) is 6.29 Å². The van der Waals surface area contributed by atoms with E-state index in [1.165, 1.54) is 0 Å². The normalized spacial score (nSPS) is 9.86. The Hall–Kier alpha value is -0.390. The van der Waals surface area contributed by atoms with Crippen molar-refractivity contribution in [3.05, 3.63) is 66.5 Å². The first-order chi connectivity index (χ1) is 10.5. The van der Waals surface area contributed by atoms with Crippen molar-refractivity contribution >= 4 is 61.3 Å². The molecule has 0 bridgehead atoms. The van der Waals surface area contributed by atoms with Crippen LogP contribution in [0.1, 0.15) is 11.1 Å². The molecule has 2 nitrogen and oxygen atoms in total. The third-order valence-corrected chi connectivity index (χ3v) is 5.15. The summed E-state index contributed by atoms with van der Waals surface area (Å²) in [6.45, 7) is 0.165. The highest BCUT2D eigenvalue weighted by Crippen LogP contribution is 2.23. The van der Waals surface area contributed by atoms with Crippen molar-refractivity contribution in [2.24, 2.45) is 0 Å². The predicted molar refractivity (Wildman–Crippen MR) is 98.9 cm³/mol. The SMILES string of the molecule is O=CCc1ccc(Br)c(Cl)c1.OCCc1ccc(Br)c(Cl)c1. The standard InChI is InChI=1S/C8H8BrClO.C8H6BrClO/c2*9-7-2-1-6(3-4-11)5-8(7)10/h1-2,5,11H,3-4H2;1-2,4-5H,3H2. The zero-order valence-corrected chi connectivity index (χ0v) is 16.2. The highest BCUT2D eigenvalue weighted by atomic mass is 79.9. The van der Waals surface area contributed by atoms with Gasteiger partial charge in [0.2, 0.25) is 0 Å². The van der Waals surface area contributed by atoms with Crippen LogP contribution in [0.2, 0.25) is 10.0 Å². The van der Waals surface area contributed by atoms with Crippen LogP contribution >= 0.6 is 55.1 Å². The fourth-order valence-electron chi connectivity index (χ4n) is 1.59. The predicted octanol–water partition coefficient (Wildman–Crippen LogP) is 5.48. The lowest BCUT2D eigenvalue weighted by Crippen LogP contribution is -1.89. The van der Waals surface area contributed by atoms with E-state index < -0.39 is 0 Å². The van der Waals surface area contributed by atoms with Crippen LogP contribution in [0, 0.1) is 0 Å². The molecule has 2 aromatic rings. The second kappa shape index (κ2) is 10.4. The Bertz CT molecular complexity index is 634. The van der Waals surface area contributed by atoms with Crippen molar-refractivity contribution in [1.82, 2.24) is 0 Å². The van der Waals surface area contributed by atoms with Gasteiger partial charge in [0.25, 0.3) is 0 Å². The minimum absolute atomic E-state index is 0.165. The molecule has 118 valence electrons. The van der Waals surface area contributed by atoms with Crippen LogP contribution in [0.25, 0.3) is 0 Å². The summed E-state index contributed by atoms with van der Waals surface area (Å²) in [5, 5.41) is 9.96. The van der Waals surface area contributed by atoms with Gasteiger partial charge in [0, 0.05) is 22.0 Å². The quantitative estimate of drug-likeness (QED) is 0.603. The second-order valence-corrected chi connectivity index (χ2v) is 6.86. The van der Waals surface area contributed by atoms with E-state index in [4.69, 9.17) is 28.3 Å². The molecule has 0 aliphatic rings. The number of halogens is 4. The number of hydrogen-bond donors (Lipinski definition) is 1. The zero-order valence-electron chi connectivity index (χ0n) is 11.5. The molecule has 0 unspecified atom stereocenters. The van der Waals surface area contributed by atoms with E-state index in [1.807, 2.05) is 30.3 Å². The van der Waals surface area contributed by atoms with E-state index in [2.05, 4.69) is 31.9 Å². The van der Waals surface area contributed by atoms with Gasteiger partial charge in [-0.2, -0.15) is 0 Å². The molecule has 6 heteroatoms. The van der Waals surface area contributed by atoms with Crippen LogP contribution in [0.3, 0.4) is 0 Å². The maximum atomic E-state index is 10.1. The van der Waals surface area contributed by atoms with Gasteiger partial charge in [-0.3, -0.25) is 0 Å². The molecule has 0 atom stereocenters. The fraction of sp³-hybridized carbons (Fsp3) is 0.188. The summed E-state index contributed by atoms with van der Waals surface area (Å²) in [4.78, 5) is 10.1. The van der Waals surface area contributed by atoms with Crippen LogP contribution in [-0.2, 0) is 17.6 Å². The molecule has 0 radical (unpaired) electrons. The van der Waals surface area contributed by atoms with E-state index >= 15 is 0 Å². The Labute approximate surface area is 156 Å². The molecule has 0 amide bonds. The van der Waals surface area contributed by atoms with Crippen molar-refractivity contribution in [2.75, 3.05) is 6.61 Å². The van der Waals surface area contributed by atoms with E-state index in [-0.39, 0.29) is 6.61 Å². The molecule has 2 aromatic carbocycles. The highest BCUT2D eigenvalue weighted by Gasteiger charge is 1.98. The summed E-state index contributed by atoms with van der Waals surface area (Å²) in [6.07, 6.45) is 1.94. The number of hydrogen-bond acceptors (Lipinski definition) is 2. The number of carbonyl (C=O) groups excluding carboxylic acids is 1. The number of rotatable bonds is 4. The highest BCUT2D eigenvalue weighted by molar-refractivity contribution is 9.10. The van der Waals surface area contributed by atoms with Crippen LogP contribution in [0.15, 0.2) is 45.3 Å². The lowest BCUT2D eigenvalue weighted by molar-refractivity contribution is -0.107. The molecular weight excluding hydrogens is 455 g/mol. The van der Waals surface area contributed by atoms with Gasteiger partial charge < -0.3 is 9.90 Å². The van der Waals surface area contributed by atoms with Crippen LogP contribution < -0.4 is 0 Å². The summed E-state index contributed by atoms with van der Waals surface area (Å²) in [5.74, 6) is 0. The van der Waals surface area contributed by atoms with Crippen LogP contribution in [0.4, 0.5) is 0 Å². The Morgan fingerprint density at radius 3 is 1.91 bits per heavy atom. The summed E-state index contributed by atoms with van der Waals surface area (Å²) < 4.78 is 1.75. The summed E-state index contributed by atoms with van der Waals surface area (Å²) in [5.41, 5.74) is 1.99. The maximum absolute atomic E-state index is 10.1. The first-order valence-corrected chi connectivity index (χ1v) is 8.74. The Morgan fingerprint density at radius 2 is 1.45 bits per heavy atom. The van der Waals surface area contributed by atoms with Gasteiger partial charge in [-0.05, 0) is 73.7 Å². The summed E-state index contributed by atoms with van der Waals surface area (Å²) in [7, 11) is 0. The van der Waals surface area contributed by atoms with E-state index in [0.717, 1.165) is 26.4 Å². The van der Waals surface area contributed by atoms with Crippen LogP contribution in [-0.4, -0.2) is 18.0 Å². The maximum Gasteiger partial charge on any atom is 0.124 e. The number of carbonyl (C=O) groups is 1. The summed E-state index contributed by atoms with van der Waals surface area (Å²) in [6, 6.07) is 11.1. The van der Waals surface area contributed by atoms with E-state index in [1.54, 1.807) is 6.07 Å². The monoisotopic (exact) mass is 466 g/mol. The lowest BCUT2D eigenvalue weighted by atomic mass is 10.2. The molecule has 0 fully saturated rings. The van der Waals surface area contributed by atoms with Gasteiger partial charge in [0.15, 0.2) is 0 Å². The third kappa shape index (κ3) is 6.80. The zero-order chi connectivity index (χ0) is 16.5. The largest absolute Gasteiger partial charge is 0.396 e. The third-order valence-electron chi connectivity index (χ3n) is 2.69. The molecule has 22 heavy (non-hydrogen) atoms. The number of aldehydes is 1. The average Bonchev–Trinajstić information content (AvgIpc) is 2.48. The topological polar surface area (TPSA) is 37.3 Å². The van der Waals surface area contributed by atoms with Crippen molar-refractivity contribution in [1.29, 1.82) is 0 Å². The molecular formula is C16H14Br2Cl2O2. The molecule has 0 heterocycles. The first-order valence-electron chi connectivity index (χ1n) is 6.40. The molecule has 0 aliphatic heterocycles. The number of benzene rings is 2. The van der Waals surface area contributed by atoms with Gasteiger partial charge in [-0.25, -0.2) is 0 Å². The molecule has 0 aromatic heterocycles. The molecule has 0 aliphatic carbocycles. The van der Waals surface area contributed by atoms with Crippen LogP contribution in [0.5, 0.6) is 0 Å². The fourth-order valence-corrected chi connectivity index (χ4v) is 2.49. The molecule has 1 N–H and O–H groups in total. The number of aliphatic hydroxyl groups excluding tert-OH is 1. The van der Waals surface area contributed by atoms with Crippen molar-refractivity contribution in [3.8, 4) is 0 Å². The van der Waals surface area contributed by atoms with Gasteiger partial charge in [0.05, 0.1) is 10.0 Å². The van der Waals surface area contributed by atoms with Gasteiger partial charge in [-0.15, -0.1) is 0 Å². The molecule has 0 saturated heterocycles. The van der Waals surface area contributed by atoms with Gasteiger partial charge >= 0.3 is 0 Å². The Morgan fingerprint density at radius 1 is 0.955 bits per heavy atom. The Kier molecular flexibility index (Phi) is 9.29.